The highest BCUT2D eigenvalue weighted by molar-refractivity contribution is 5.81. The summed E-state index contributed by atoms with van der Waals surface area (Å²) in [5.41, 5.74) is 10.1. The van der Waals surface area contributed by atoms with E-state index in [1.54, 1.807) is 0 Å². The van der Waals surface area contributed by atoms with E-state index in [0.29, 0.717) is 0 Å². The first-order valence-electron chi connectivity index (χ1n) is 6.76. The fraction of sp³-hybridized carbons (Fsp3) is 0.833. The van der Waals surface area contributed by atoms with Crippen LogP contribution in [0, 0.1) is 0 Å². The van der Waals surface area contributed by atoms with E-state index in [4.69, 9.17) is 31.2 Å². The van der Waals surface area contributed by atoms with Gasteiger partial charge in [-0.3, -0.25) is 9.59 Å². The van der Waals surface area contributed by atoms with E-state index >= 15 is 0 Å². The van der Waals surface area contributed by atoms with E-state index in [2.05, 4.69) is 0 Å². The summed E-state index contributed by atoms with van der Waals surface area (Å²) in [6, 6.07) is 0. The second kappa shape index (κ2) is 11.3. The molecule has 0 saturated heterocycles. The molecule has 0 aliphatic carbocycles. The second-order valence-electron chi connectivity index (χ2n) is 4.52. The molecule has 130 valence electrons. The van der Waals surface area contributed by atoms with Crippen LogP contribution in [0.3, 0.4) is 0 Å². The van der Waals surface area contributed by atoms with Crippen molar-refractivity contribution in [3.05, 3.63) is 0 Å². The highest BCUT2D eigenvalue weighted by Gasteiger charge is 2.39. The van der Waals surface area contributed by atoms with Crippen LogP contribution in [-0.4, -0.2) is 83.1 Å². The molecule has 0 aromatic heterocycles. The normalized spacial score (nSPS) is 16.7. The summed E-state index contributed by atoms with van der Waals surface area (Å²) in [7, 11) is 0. The number of rotatable bonds is 13. The van der Waals surface area contributed by atoms with E-state index < -0.39 is 36.2 Å². The number of ether oxygens (including phenoxy) is 2. The number of nitrogens with two attached hydrogens (primary N) is 2. The van der Waals surface area contributed by atoms with Crippen molar-refractivity contribution >= 4 is 11.8 Å². The molecular formula is C12H24N2O8. The Hall–Kier alpha value is -1.30. The minimum Gasteiger partial charge on any atom is -0.396 e. The average Bonchev–Trinajstić information content (AvgIpc) is 2.47. The van der Waals surface area contributed by atoms with E-state index in [9.17, 15) is 19.8 Å². The monoisotopic (exact) mass is 324 g/mol. The lowest BCUT2D eigenvalue weighted by molar-refractivity contribution is -0.169. The number of carbonyl (C=O) groups is 2. The molecule has 0 bridgehead atoms. The molecule has 0 aliphatic rings. The number of amides is 2. The number of hydrogen-bond donors (Lipinski definition) is 6. The van der Waals surface area contributed by atoms with Gasteiger partial charge >= 0.3 is 0 Å². The number of aliphatic hydroxyl groups is 4. The van der Waals surface area contributed by atoms with Crippen LogP contribution in [0.1, 0.15) is 12.8 Å². The number of primary amides is 2. The first kappa shape index (κ1) is 20.7. The molecule has 8 N–H and O–H groups in total. The summed E-state index contributed by atoms with van der Waals surface area (Å²) in [4.78, 5) is 22.4. The molecule has 0 radical (unpaired) electrons. The summed E-state index contributed by atoms with van der Waals surface area (Å²) in [6.45, 7) is -0.512. The van der Waals surface area contributed by atoms with Gasteiger partial charge in [-0.05, 0) is 12.8 Å². The first-order valence-corrected chi connectivity index (χ1v) is 6.76. The van der Waals surface area contributed by atoms with Gasteiger partial charge in [0.25, 0.3) is 0 Å². The van der Waals surface area contributed by atoms with Gasteiger partial charge in [0.2, 0.25) is 11.8 Å². The van der Waals surface area contributed by atoms with Crippen molar-refractivity contribution in [2.75, 3.05) is 26.4 Å². The Bertz CT molecular complexity index is 341. The largest absolute Gasteiger partial charge is 0.396 e. The van der Waals surface area contributed by atoms with Crippen molar-refractivity contribution in [3.63, 3.8) is 0 Å². The van der Waals surface area contributed by atoms with Crippen molar-refractivity contribution < 1.29 is 39.5 Å². The molecule has 0 aromatic rings. The molecule has 0 aliphatic heterocycles. The van der Waals surface area contributed by atoms with Crippen LogP contribution in [-0.2, 0) is 19.1 Å². The molecule has 2 amide bonds. The Labute approximate surface area is 127 Å². The maximum atomic E-state index is 11.5. The van der Waals surface area contributed by atoms with Crippen LogP contribution in [0.4, 0.5) is 0 Å². The van der Waals surface area contributed by atoms with Gasteiger partial charge in [-0.15, -0.1) is 0 Å². The topological polar surface area (TPSA) is 186 Å². The highest BCUT2D eigenvalue weighted by Crippen LogP contribution is 2.14. The van der Waals surface area contributed by atoms with Crippen LogP contribution in [0.5, 0.6) is 0 Å². The smallest absolute Gasteiger partial charge is 0.249 e. The van der Waals surface area contributed by atoms with Gasteiger partial charge in [0.05, 0.1) is 0 Å². The predicted molar refractivity (Wildman–Crippen MR) is 73.3 cm³/mol. The van der Waals surface area contributed by atoms with Gasteiger partial charge in [-0.2, -0.15) is 0 Å². The lowest BCUT2D eigenvalue weighted by Crippen LogP contribution is -2.55. The summed E-state index contributed by atoms with van der Waals surface area (Å²) < 4.78 is 10.3. The third-order valence-electron chi connectivity index (χ3n) is 2.74. The van der Waals surface area contributed by atoms with E-state index in [-0.39, 0.29) is 39.3 Å². The zero-order chi connectivity index (χ0) is 17.1. The zero-order valence-corrected chi connectivity index (χ0v) is 12.1. The van der Waals surface area contributed by atoms with Gasteiger partial charge < -0.3 is 41.4 Å². The fourth-order valence-corrected chi connectivity index (χ4v) is 1.61. The fourth-order valence-electron chi connectivity index (χ4n) is 1.61. The van der Waals surface area contributed by atoms with Gasteiger partial charge in [-0.25, -0.2) is 0 Å². The van der Waals surface area contributed by atoms with Crippen molar-refractivity contribution in [2.24, 2.45) is 11.5 Å². The minimum atomic E-state index is -1.98. The Balaban J connectivity index is 5.03. The first-order chi connectivity index (χ1) is 10.4. The van der Waals surface area contributed by atoms with Crippen molar-refractivity contribution in [3.8, 4) is 0 Å². The number of aliphatic hydroxyl groups excluding tert-OH is 4. The lowest BCUT2D eigenvalue weighted by atomic mass is 10.0. The van der Waals surface area contributed by atoms with Crippen LogP contribution in [0.2, 0.25) is 0 Å². The average molecular weight is 324 g/mol. The van der Waals surface area contributed by atoms with Crippen LogP contribution in [0.15, 0.2) is 0 Å². The third kappa shape index (κ3) is 7.11. The molecule has 0 saturated carbocycles. The molecule has 0 spiro atoms. The molecule has 10 heteroatoms. The predicted octanol–water partition coefficient (Wildman–Crippen LogP) is -3.79. The maximum absolute atomic E-state index is 11.5. The Kier molecular flexibility index (Phi) is 10.6. The Morgan fingerprint density at radius 1 is 0.909 bits per heavy atom. The second-order valence-corrected chi connectivity index (χ2v) is 4.52. The summed E-state index contributed by atoms with van der Waals surface area (Å²) >= 11 is 0. The zero-order valence-electron chi connectivity index (χ0n) is 12.1. The highest BCUT2D eigenvalue weighted by atomic mass is 16.6. The van der Waals surface area contributed by atoms with Crippen molar-refractivity contribution in [1.82, 2.24) is 0 Å². The molecule has 4 atom stereocenters. The van der Waals surface area contributed by atoms with Gasteiger partial charge in [0.15, 0.2) is 12.2 Å². The number of hydrogen-bond acceptors (Lipinski definition) is 8. The standard InChI is InChI=1S/C12H24N2O8/c13-11(19)8(18)7(17)9(21-5-1-3-15)10(12(14)20)22-6-2-4-16/h7-10,15-18H,1-6H2,(H2,13,19)(H2,14,20)/t7-,8+,9+,10-/m1/s1. The molecule has 0 unspecified atom stereocenters. The van der Waals surface area contributed by atoms with Crippen LogP contribution in [0.25, 0.3) is 0 Å². The van der Waals surface area contributed by atoms with Crippen LogP contribution >= 0.6 is 0 Å². The number of carbonyl (C=O) groups excluding carboxylic acids is 2. The Morgan fingerprint density at radius 3 is 1.82 bits per heavy atom. The van der Waals surface area contributed by atoms with E-state index in [1.165, 1.54) is 0 Å². The molecule has 22 heavy (non-hydrogen) atoms. The molecular weight excluding hydrogens is 300 g/mol. The van der Waals surface area contributed by atoms with Crippen molar-refractivity contribution in [2.45, 2.75) is 37.3 Å². The SMILES string of the molecule is NC(=O)[C@@H](O)[C@@H](O)[C@H](OCCCO)[C@@H](OCCCO)C(N)=O. The summed E-state index contributed by atoms with van der Waals surface area (Å²) in [6.07, 6.45) is -6.34. The summed E-state index contributed by atoms with van der Waals surface area (Å²) in [5.74, 6) is -2.19. The quantitative estimate of drug-likeness (QED) is 0.186. The lowest BCUT2D eigenvalue weighted by Gasteiger charge is -2.30. The molecule has 0 aromatic carbocycles. The maximum Gasteiger partial charge on any atom is 0.249 e. The third-order valence-corrected chi connectivity index (χ3v) is 2.74. The molecule has 0 rings (SSSR count). The van der Waals surface area contributed by atoms with Gasteiger partial charge in [0.1, 0.15) is 12.2 Å². The van der Waals surface area contributed by atoms with E-state index in [0.717, 1.165) is 0 Å². The van der Waals surface area contributed by atoms with Crippen LogP contribution < -0.4 is 11.5 Å². The molecule has 0 fully saturated rings. The summed E-state index contributed by atoms with van der Waals surface area (Å²) in [5, 5.41) is 36.9. The molecule has 10 nitrogen and oxygen atoms in total. The van der Waals surface area contributed by atoms with Crippen molar-refractivity contribution in [1.29, 1.82) is 0 Å². The van der Waals surface area contributed by atoms with Gasteiger partial charge in [-0.1, -0.05) is 0 Å². The molecule has 0 heterocycles. The minimum absolute atomic E-state index is 0.0522. The van der Waals surface area contributed by atoms with E-state index in [1.807, 2.05) is 0 Å². The Morgan fingerprint density at radius 2 is 1.41 bits per heavy atom. The van der Waals surface area contributed by atoms with Gasteiger partial charge in [0, 0.05) is 26.4 Å².